The molecule has 7 heteroatoms. The number of alkyl halides is 4. The fourth-order valence-corrected chi connectivity index (χ4v) is 0.541. The van der Waals surface area contributed by atoms with Crippen molar-refractivity contribution in [3.8, 4) is 0 Å². The molecule has 0 bridgehead atoms. The van der Waals surface area contributed by atoms with Crippen LogP contribution in [0.4, 0.5) is 13.2 Å². The van der Waals surface area contributed by atoms with Crippen molar-refractivity contribution < 1.29 is 27.4 Å². The molecule has 13 heavy (non-hydrogen) atoms. The Bertz CT molecular complexity index is 160. The standard InChI is InChI=1S/C6H8ClF3O3/c7-1-2-12-3-4-13-5(11)6(8,9)10/h1-4H2. The number of halogens is 4. The van der Waals surface area contributed by atoms with Crippen LogP contribution in [0.25, 0.3) is 0 Å². The van der Waals surface area contributed by atoms with Gasteiger partial charge >= 0.3 is 12.1 Å². The van der Waals surface area contributed by atoms with Crippen molar-refractivity contribution in [2.75, 3.05) is 25.7 Å². The Kier molecular flexibility index (Phi) is 5.81. The van der Waals surface area contributed by atoms with E-state index in [-0.39, 0.29) is 19.1 Å². The molecular formula is C6H8ClF3O3. The number of esters is 1. The van der Waals surface area contributed by atoms with Gasteiger partial charge in [-0.15, -0.1) is 11.6 Å². The summed E-state index contributed by atoms with van der Waals surface area (Å²) in [5, 5.41) is 0. The van der Waals surface area contributed by atoms with Gasteiger partial charge in [0.2, 0.25) is 0 Å². The second kappa shape index (κ2) is 6.04. The molecular weight excluding hydrogens is 213 g/mol. The highest BCUT2D eigenvalue weighted by Gasteiger charge is 2.40. The molecule has 0 aliphatic rings. The second-order valence-corrected chi connectivity index (χ2v) is 2.31. The van der Waals surface area contributed by atoms with Gasteiger partial charge in [-0.25, -0.2) is 4.79 Å². The number of carbonyl (C=O) groups excluding carboxylic acids is 1. The summed E-state index contributed by atoms with van der Waals surface area (Å²) < 4.78 is 43.0. The largest absolute Gasteiger partial charge is 0.490 e. The van der Waals surface area contributed by atoms with Crippen LogP contribution >= 0.6 is 11.6 Å². The molecule has 0 spiro atoms. The first kappa shape index (κ1) is 12.5. The highest BCUT2D eigenvalue weighted by atomic mass is 35.5. The molecule has 0 aliphatic heterocycles. The molecule has 0 radical (unpaired) electrons. The van der Waals surface area contributed by atoms with Crippen LogP contribution in [0, 0.1) is 0 Å². The second-order valence-electron chi connectivity index (χ2n) is 1.94. The monoisotopic (exact) mass is 220 g/mol. The van der Waals surface area contributed by atoms with Crippen molar-refractivity contribution in [3.05, 3.63) is 0 Å². The first-order chi connectivity index (χ1) is 5.98. The van der Waals surface area contributed by atoms with Crippen LogP contribution in [-0.4, -0.2) is 37.8 Å². The van der Waals surface area contributed by atoms with Crippen molar-refractivity contribution >= 4 is 17.6 Å². The normalized spacial score (nSPS) is 11.4. The third-order valence-electron chi connectivity index (χ3n) is 0.914. The molecule has 0 heterocycles. The lowest BCUT2D eigenvalue weighted by Crippen LogP contribution is -2.26. The van der Waals surface area contributed by atoms with Crippen LogP contribution in [0.1, 0.15) is 0 Å². The Hall–Kier alpha value is -0.490. The summed E-state index contributed by atoms with van der Waals surface area (Å²) in [7, 11) is 0. The van der Waals surface area contributed by atoms with Crippen LogP contribution in [0.15, 0.2) is 0 Å². The lowest BCUT2D eigenvalue weighted by Gasteiger charge is -2.06. The fourth-order valence-electron chi connectivity index (χ4n) is 0.432. The Labute approximate surface area is 77.8 Å². The highest BCUT2D eigenvalue weighted by molar-refractivity contribution is 6.17. The number of carbonyl (C=O) groups is 1. The third-order valence-corrected chi connectivity index (χ3v) is 1.07. The van der Waals surface area contributed by atoms with Crippen molar-refractivity contribution in [3.63, 3.8) is 0 Å². The maximum Gasteiger partial charge on any atom is 0.490 e. The summed E-state index contributed by atoms with van der Waals surface area (Å²) >= 11 is 5.20. The molecule has 0 amide bonds. The van der Waals surface area contributed by atoms with E-state index in [1.807, 2.05) is 0 Å². The smallest absolute Gasteiger partial charge is 0.457 e. The van der Waals surface area contributed by atoms with Crippen LogP contribution in [0.2, 0.25) is 0 Å². The van der Waals surface area contributed by atoms with Crippen LogP contribution in [-0.2, 0) is 14.3 Å². The van der Waals surface area contributed by atoms with E-state index >= 15 is 0 Å². The van der Waals surface area contributed by atoms with Gasteiger partial charge in [-0.05, 0) is 0 Å². The summed E-state index contributed by atoms with van der Waals surface area (Å²) in [6.07, 6.45) is -4.94. The maximum atomic E-state index is 11.5. The molecule has 0 fully saturated rings. The van der Waals surface area contributed by atoms with E-state index in [4.69, 9.17) is 11.6 Å². The molecule has 0 aromatic heterocycles. The summed E-state index contributed by atoms with van der Waals surface area (Å²) in [6, 6.07) is 0. The Balaban J connectivity index is 3.38. The van der Waals surface area contributed by atoms with E-state index < -0.39 is 18.8 Å². The van der Waals surface area contributed by atoms with Gasteiger partial charge in [0.1, 0.15) is 6.61 Å². The lowest BCUT2D eigenvalue weighted by molar-refractivity contribution is -0.200. The number of hydrogen-bond donors (Lipinski definition) is 0. The van der Waals surface area contributed by atoms with Gasteiger partial charge in [0, 0.05) is 5.88 Å². The third kappa shape index (κ3) is 6.65. The summed E-state index contributed by atoms with van der Waals surface area (Å²) in [6.45, 7) is -0.297. The van der Waals surface area contributed by atoms with E-state index in [0.29, 0.717) is 0 Å². The van der Waals surface area contributed by atoms with E-state index in [2.05, 4.69) is 9.47 Å². The summed E-state index contributed by atoms with van der Waals surface area (Å²) in [5.74, 6) is -1.96. The van der Waals surface area contributed by atoms with E-state index in [9.17, 15) is 18.0 Å². The molecule has 0 rings (SSSR count). The molecule has 0 N–H and O–H groups in total. The molecule has 78 valence electrons. The van der Waals surface area contributed by atoms with Crippen molar-refractivity contribution in [2.45, 2.75) is 6.18 Å². The van der Waals surface area contributed by atoms with E-state index in [1.165, 1.54) is 0 Å². The maximum absolute atomic E-state index is 11.5. The van der Waals surface area contributed by atoms with E-state index in [1.54, 1.807) is 0 Å². The molecule has 0 aromatic carbocycles. The fraction of sp³-hybridized carbons (Fsp3) is 0.833. The van der Waals surface area contributed by atoms with Gasteiger partial charge in [-0.1, -0.05) is 0 Å². The van der Waals surface area contributed by atoms with Crippen LogP contribution in [0.3, 0.4) is 0 Å². The average molecular weight is 221 g/mol. The lowest BCUT2D eigenvalue weighted by atomic mass is 10.6. The molecule has 0 saturated carbocycles. The molecule has 0 aliphatic carbocycles. The van der Waals surface area contributed by atoms with Gasteiger partial charge in [0.15, 0.2) is 0 Å². The number of hydrogen-bond acceptors (Lipinski definition) is 3. The minimum Gasteiger partial charge on any atom is -0.457 e. The first-order valence-electron chi connectivity index (χ1n) is 3.36. The molecule has 0 aromatic rings. The van der Waals surface area contributed by atoms with E-state index in [0.717, 1.165) is 0 Å². The zero-order valence-corrected chi connectivity index (χ0v) is 7.32. The Morgan fingerprint density at radius 3 is 2.31 bits per heavy atom. The zero-order chi connectivity index (χ0) is 10.3. The molecule has 0 unspecified atom stereocenters. The Morgan fingerprint density at radius 1 is 1.23 bits per heavy atom. The number of rotatable bonds is 5. The van der Waals surface area contributed by atoms with Gasteiger partial charge in [-0.3, -0.25) is 0 Å². The molecule has 3 nitrogen and oxygen atoms in total. The zero-order valence-electron chi connectivity index (χ0n) is 6.57. The van der Waals surface area contributed by atoms with Gasteiger partial charge < -0.3 is 9.47 Å². The molecule has 0 saturated heterocycles. The van der Waals surface area contributed by atoms with Gasteiger partial charge in [0.05, 0.1) is 13.2 Å². The Morgan fingerprint density at radius 2 is 1.85 bits per heavy atom. The minimum absolute atomic E-state index is 0.0887. The summed E-state index contributed by atoms with van der Waals surface area (Å²) in [4.78, 5) is 10.1. The number of ether oxygens (including phenoxy) is 2. The predicted molar refractivity (Wildman–Crippen MR) is 38.6 cm³/mol. The van der Waals surface area contributed by atoms with Crippen molar-refractivity contribution in [1.29, 1.82) is 0 Å². The van der Waals surface area contributed by atoms with Crippen LogP contribution < -0.4 is 0 Å². The average Bonchev–Trinajstić information content (AvgIpc) is 2.02. The molecule has 0 atom stereocenters. The van der Waals surface area contributed by atoms with Crippen molar-refractivity contribution in [2.24, 2.45) is 0 Å². The SMILES string of the molecule is O=C(OCCOCCCl)C(F)(F)F. The highest BCUT2D eigenvalue weighted by Crippen LogP contribution is 2.15. The minimum atomic E-state index is -4.94. The van der Waals surface area contributed by atoms with Crippen LogP contribution in [0.5, 0.6) is 0 Å². The quantitative estimate of drug-likeness (QED) is 0.399. The topological polar surface area (TPSA) is 35.5 Å². The van der Waals surface area contributed by atoms with Crippen molar-refractivity contribution in [1.82, 2.24) is 0 Å². The first-order valence-corrected chi connectivity index (χ1v) is 3.89. The van der Waals surface area contributed by atoms with Gasteiger partial charge in [0.25, 0.3) is 0 Å². The summed E-state index contributed by atoms with van der Waals surface area (Å²) in [5.41, 5.74) is 0. The predicted octanol–water partition coefficient (Wildman–Crippen LogP) is 1.35. The van der Waals surface area contributed by atoms with Gasteiger partial charge in [-0.2, -0.15) is 13.2 Å².